The maximum Gasteiger partial charge on any atom is 0.233 e. The van der Waals surface area contributed by atoms with Gasteiger partial charge in [0, 0.05) is 39.3 Å². The molecule has 0 bridgehead atoms. The molecule has 0 saturated carbocycles. The predicted molar refractivity (Wildman–Crippen MR) is 141 cm³/mol. The van der Waals surface area contributed by atoms with Crippen LogP contribution < -0.4 is 25.4 Å². The highest BCUT2D eigenvalue weighted by Gasteiger charge is 2.21. The Morgan fingerprint density at radius 2 is 1.97 bits per heavy atom. The average molecular weight is 562 g/mol. The van der Waals surface area contributed by atoms with Crippen molar-refractivity contribution in [3.8, 4) is 11.5 Å². The van der Waals surface area contributed by atoms with Gasteiger partial charge in [0.1, 0.15) is 0 Å². The van der Waals surface area contributed by atoms with Gasteiger partial charge >= 0.3 is 0 Å². The van der Waals surface area contributed by atoms with E-state index in [9.17, 15) is 4.79 Å². The number of carbonyl (C=O) groups is 1. The minimum atomic E-state index is 0. The van der Waals surface area contributed by atoms with Crippen LogP contribution in [0, 0.1) is 0 Å². The van der Waals surface area contributed by atoms with Crippen LogP contribution in [0.25, 0.3) is 0 Å². The molecule has 1 saturated heterocycles. The maximum atomic E-state index is 11.5. The van der Waals surface area contributed by atoms with Crippen LogP contribution in [0.3, 0.4) is 0 Å². The molecule has 1 heterocycles. The van der Waals surface area contributed by atoms with Crippen molar-refractivity contribution in [3.05, 3.63) is 23.8 Å². The third kappa shape index (κ3) is 9.81. The lowest BCUT2D eigenvalue weighted by atomic mass is 10.1. The van der Waals surface area contributed by atoms with Crippen LogP contribution in [0.1, 0.15) is 38.7 Å². The number of amides is 1. The highest BCUT2D eigenvalue weighted by molar-refractivity contribution is 14.0. The molecule has 1 aromatic carbocycles. The van der Waals surface area contributed by atoms with Gasteiger partial charge in [-0.05, 0) is 57.2 Å². The summed E-state index contributed by atoms with van der Waals surface area (Å²) in [4.78, 5) is 18.5. The van der Waals surface area contributed by atoms with Gasteiger partial charge in [0.2, 0.25) is 5.91 Å². The van der Waals surface area contributed by atoms with Gasteiger partial charge in [-0.2, -0.15) is 0 Å². The molecule has 0 aliphatic carbocycles. The SMILES string of the molecule is CCNC(=NCCCc1ccc(OC)c(OCC)c1)NC1CCN(CC(=O)NC)CC1.I. The smallest absolute Gasteiger partial charge is 0.233 e. The number of ether oxygens (including phenoxy) is 2. The second kappa shape index (κ2) is 16.0. The zero-order valence-electron chi connectivity index (χ0n) is 19.9. The van der Waals surface area contributed by atoms with Gasteiger partial charge in [-0.3, -0.25) is 14.7 Å². The van der Waals surface area contributed by atoms with E-state index in [2.05, 4.69) is 39.9 Å². The number of aryl methyl sites for hydroxylation is 1. The van der Waals surface area contributed by atoms with E-state index in [0.29, 0.717) is 19.2 Å². The molecule has 3 N–H and O–H groups in total. The van der Waals surface area contributed by atoms with Crippen LogP contribution in [0.5, 0.6) is 11.5 Å². The molecule has 8 nitrogen and oxygen atoms in total. The minimum Gasteiger partial charge on any atom is -0.493 e. The van der Waals surface area contributed by atoms with E-state index >= 15 is 0 Å². The molecule has 9 heteroatoms. The van der Waals surface area contributed by atoms with Crippen molar-refractivity contribution < 1.29 is 14.3 Å². The first-order valence-corrected chi connectivity index (χ1v) is 11.4. The Labute approximate surface area is 209 Å². The number of guanidine groups is 1. The fourth-order valence-corrected chi connectivity index (χ4v) is 3.65. The van der Waals surface area contributed by atoms with Crippen LogP contribution in [0.15, 0.2) is 23.2 Å². The summed E-state index contributed by atoms with van der Waals surface area (Å²) in [5.74, 6) is 2.51. The molecule has 0 atom stereocenters. The maximum absolute atomic E-state index is 11.5. The van der Waals surface area contributed by atoms with E-state index in [-0.39, 0.29) is 29.9 Å². The number of methoxy groups -OCH3 is 1. The Morgan fingerprint density at radius 3 is 2.59 bits per heavy atom. The number of carbonyl (C=O) groups excluding carboxylic acids is 1. The Kier molecular flexibility index (Phi) is 14.1. The van der Waals surface area contributed by atoms with Crippen molar-refractivity contribution in [2.45, 2.75) is 45.6 Å². The van der Waals surface area contributed by atoms with Crippen molar-refractivity contribution in [3.63, 3.8) is 0 Å². The molecular formula is C23H40IN5O3. The third-order valence-corrected chi connectivity index (χ3v) is 5.34. The highest BCUT2D eigenvalue weighted by atomic mass is 127. The predicted octanol–water partition coefficient (Wildman–Crippen LogP) is 2.41. The number of hydrogen-bond acceptors (Lipinski definition) is 5. The van der Waals surface area contributed by atoms with Crippen molar-refractivity contribution in [2.24, 2.45) is 4.99 Å². The number of nitrogens with one attached hydrogen (secondary N) is 3. The van der Waals surface area contributed by atoms with E-state index in [4.69, 9.17) is 14.5 Å². The normalized spacial score (nSPS) is 14.9. The van der Waals surface area contributed by atoms with E-state index in [1.54, 1.807) is 14.2 Å². The number of likely N-dealkylation sites (N-methyl/N-ethyl adjacent to an activating group) is 1. The largest absolute Gasteiger partial charge is 0.493 e. The molecule has 0 unspecified atom stereocenters. The molecule has 0 radical (unpaired) electrons. The molecule has 32 heavy (non-hydrogen) atoms. The minimum absolute atomic E-state index is 0. The highest BCUT2D eigenvalue weighted by Crippen LogP contribution is 2.28. The summed E-state index contributed by atoms with van der Waals surface area (Å²) in [6.07, 6.45) is 3.91. The summed E-state index contributed by atoms with van der Waals surface area (Å²) in [6.45, 7) is 8.57. The second-order valence-electron chi connectivity index (χ2n) is 7.65. The fourth-order valence-electron chi connectivity index (χ4n) is 3.65. The van der Waals surface area contributed by atoms with Crippen LogP contribution in [-0.2, 0) is 11.2 Å². The molecule has 1 aliphatic rings. The lowest BCUT2D eigenvalue weighted by Crippen LogP contribution is -2.50. The summed E-state index contributed by atoms with van der Waals surface area (Å²) in [5, 5.41) is 9.60. The number of benzene rings is 1. The zero-order valence-corrected chi connectivity index (χ0v) is 22.2. The average Bonchev–Trinajstić information content (AvgIpc) is 2.78. The van der Waals surface area contributed by atoms with Gasteiger partial charge in [0.15, 0.2) is 17.5 Å². The van der Waals surface area contributed by atoms with Gasteiger partial charge in [0.05, 0.1) is 20.3 Å². The molecule has 1 aliphatic heterocycles. The standard InChI is InChI=1S/C23H39N5O3.HI/c1-5-25-23(27-19-11-14-28(15-12-19)17-22(29)24-3)26-13-7-8-18-9-10-20(30-4)21(16-18)31-6-2;/h9-10,16,19H,5-8,11-15,17H2,1-4H3,(H,24,29)(H2,25,26,27);1H. The second-order valence-corrected chi connectivity index (χ2v) is 7.65. The monoisotopic (exact) mass is 561 g/mol. The van der Waals surface area contributed by atoms with Gasteiger partial charge in [0.25, 0.3) is 0 Å². The number of likely N-dealkylation sites (tertiary alicyclic amines) is 1. The van der Waals surface area contributed by atoms with Crippen LogP contribution >= 0.6 is 24.0 Å². The Morgan fingerprint density at radius 1 is 1.22 bits per heavy atom. The third-order valence-electron chi connectivity index (χ3n) is 5.34. The summed E-state index contributed by atoms with van der Waals surface area (Å²) >= 11 is 0. The Bertz CT molecular complexity index is 709. The first-order chi connectivity index (χ1) is 15.1. The summed E-state index contributed by atoms with van der Waals surface area (Å²) in [5.41, 5.74) is 1.22. The molecule has 0 aromatic heterocycles. The summed E-state index contributed by atoms with van der Waals surface area (Å²) in [6, 6.07) is 6.49. The van der Waals surface area contributed by atoms with Crippen LogP contribution in [0.2, 0.25) is 0 Å². The zero-order chi connectivity index (χ0) is 22.5. The first-order valence-electron chi connectivity index (χ1n) is 11.4. The van der Waals surface area contributed by atoms with Crippen LogP contribution in [0.4, 0.5) is 0 Å². The molecule has 2 rings (SSSR count). The quantitative estimate of drug-likeness (QED) is 0.167. The van der Waals surface area contributed by atoms with E-state index in [1.807, 2.05) is 13.0 Å². The Balaban J connectivity index is 0.00000512. The molecule has 1 amide bonds. The van der Waals surface area contributed by atoms with Crippen molar-refractivity contribution in [1.29, 1.82) is 0 Å². The van der Waals surface area contributed by atoms with E-state index in [0.717, 1.165) is 69.3 Å². The van der Waals surface area contributed by atoms with Gasteiger partial charge in [-0.25, -0.2) is 0 Å². The first kappa shape index (κ1) is 28.3. The van der Waals surface area contributed by atoms with E-state index < -0.39 is 0 Å². The number of hydrogen-bond donors (Lipinski definition) is 3. The lowest BCUT2D eigenvalue weighted by Gasteiger charge is -2.32. The number of piperidine rings is 1. The van der Waals surface area contributed by atoms with Crippen LogP contribution in [-0.4, -0.2) is 76.3 Å². The van der Waals surface area contributed by atoms with Gasteiger partial charge < -0.3 is 25.4 Å². The number of rotatable bonds is 11. The van der Waals surface area contributed by atoms with E-state index in [1.165, 1.54) is 5.56 Å². The summed E-state index contributed by atoms with van der Waals surface area (Å²) < 4.78 is 11.0. The number of aliphatic imine (C=N–C) groups is 1. The number of halogens is 1. The summed E-state index contributed by atoms with van der Waals surface area (Å²) in [7, 11) is 3.34. The topological polar surface area (TPSA) is 87.2 Å². The van der Waals surface area contributed by atoms with Crippen molar-refractivity contribution in [1.82, 2.24) is 20.9 Å². The van der Waals surface area contributed by atoms with Gasteiger partial charge in [-0.15, -0.1) is 24.0 Å². The Hall–Kier alpha value is -1.75. The van der Waals surface area contributed by atoms with Crippen molar-refractivity contribution in [2.75, 3.05) is 53.5 Å². The molecule has 182 valence electrons. The van der Waals surface area contributed by atoms with Gasteiger partial charge in [-0.1, -0.05) is 6.07 Å². The number of nitrogens with zero attached hydrogens (tertiary/aromatic N) is 2. The molecule has 1 fully saturated rings. The fraction of sp³-hybridized carbons (Fsp3) is 0.652. The molecule has 0 spiro atoms. The molecular weight excluding hydrogens is 521 g/mol. The lowest BCUT2D eigenvalue weighted by molar-refractivity contribution is -0.122. The van der Waals surface area contributed by atoms with Crippen molar-refractivity contribution >= 4 is 35.8 Å². The molecule has 1 aromatic rings.